The highest BCUT2D eigenvalue weighted by molar-refractivity contribution is 5.79. The number of hydrogen-bond acceptors (Lipinski definition) is 3. The molecule has 0 aliphatic heterocycles. The van der Waals surface area contributed by atoms with Gasteiger partial charge in [0.15, 0.2) is 0 Å². The second kappa shape index (κ2) is 5.57. The standard InChI is InChI=1S/C15H16N4O/c1-11(15(20)18(2)3)19-10-13(9-16)14(17-19)12-7-5-4-6-8-12/h4-8,10-11H,1-3H3. The minimum absolute atomic E-state index is 0.0587. The van der Waals surface area contributed by atoms with Gasteiger partial charge < -0.3 is 4.90 Å². The van der Waals surface area contributed by atoms with Gasteiger partial charge in [-0.1, -0.05) is 30.3 Å². The van der Waals surface area contributed by atoms with Crippen molar-refractivity contribution in [3.63, 3.8) is 0 Å². The Bertz CT molecular complexity index is 652. The summed E-state index contributed by atoms with van der Waals surface area (Å²) in [6.45, 7) is 1.77. The van der Waals surface area contributed by atoms with Crippen LogP contribution in [0, 0.1) is 11.3 Å². The zero-order valence-corrected chi connectivity index (χ0v) is 11.7. The number of rotatable bonds is 3. The number of nitriles is 1. The maximum absolute atomic E-state index is 12.0. The number of carbonyl (C=O) groups is 1. The molecule has 1 atom stereocenters. The van der Waals surface area contributed by atoms with Crippen molar-refractivity contribution in [1.82, 2.24) is 14.7 Å². The van der Waals surface area contributed by atoms with Gasteiger partial charge in [0.25, 0.3) is 0 Å². The summed E-state index contributed by atoms with van der Waals surface area (Å²) in [4.78, 5) is 13.5. The van der Waals surface area contributed by atoms with Crippen LogP contribution in [0.25, 0.3) is 11.3 Å². The summed E-state index contributed by atoms with van der Waals surface area (Å²) < 4.78 is 1.54. The molecule has 5 nitrogen and oxygen atoms in total. The van der Waals surface area contributed by atoms with Crippen molar-refractivity contribution < 1.29 is 4.79 Å². The molecule has 1 aromatic heterocycles. The molecule has 0 aliphatic rings. The van der Waals surface area contributed by atoms with E-state index in [1.165, 1.54) is 4.90 Å². The fourth-order valence-electron chi connectivity index (χ4n) is 1.97. The summed E-state index contributed by atoms with van der Waals surface area (Å²) >= 11 is 0. The van der Waals surface area contributed by atoms with Crippen LogP contribution in [0.5, 0.6) is 0 Å². The fraction of sp³-hybridized carbons (Fsp3) is 0.267. The van der Waals surface area contributed by atoms with Crippen LogP contribution in [0.4, 0.5) is 0 Å². The van der Waals surface area contributed by atoms with E-state index in [1.54, 1.807) is 31.9 Å². The summed E-state index contributed by atoms with van der Waals surface area (Å²) in [5, 5.41) is 13.6. The molecule has 1 heterocycles. The van der Waals surface area contributed by atoms with Crippen LogP contribution in [0.3, 0.4) is 0 Å². The molecule has 1 aromatic carbocycles. The monoisotopic (exact) mass is 268 g/mol. The summed E-state index contributed by atoms with van der Waals surface area (Å²) in [5.41, 5.74) is 1.94. The van der Waals surface area contributed by atoms with Gasteiger partial charge in [-0.25, -0.2) is 0 Å². The lowest BCUT2D eigenvalue weighted by atomic mass is 10.1. The van der Waals surface area contributed by atoms with Gasteiger partial charge >= 0.3 is 0 Å². The number of hydrogen-bond donors (Lipinski definition) is 0. The SMILES string of the molecule is CC(C(=O)N(C)C)n1cc(C#N)c(-c2ccccc2)n1. The van der Waals surface area contributed by atoms with Gasteiger partial charge in [0.2, 0.25) is 5.91 Å². The van der Waals surface area contributed by atoms with Gasteiger partial charge in [0.05, 0.1) is 5.56 Å². The van der Waals surface area contributed by atoms with E-state index in [0.717, 1.165) is 5.56 Å². The van der Waals surface area contributed by atoms with Crippen molar-refractivity contribution in [1.29, 1.82) is 5.26 Å². The summed E-state index contributed by atoms with van der Waals surface area (Å²) in [6.07, 6.45) is 1.62. The molecule has 0 fully saturated rings. The van der Waals surface area contributed by atoms with Gasteiger partial charge in [-0.3, -0.25) is 9.48 Å². The average molecular weight is 268 g/mol. The first kappa shape index (κ1) is 13.8. The third-order valence-electron chi connectivity index (χ3n) is 3.09. The quantitative estimate of drug-likeness (QED) is 0.856. The third-order valence-corrected chi connectivity index (χ3v) is 3.09. The predicted octanol–water partition coefficient (Wildman–Crippen LogP) is 2.07. The second-order valence-corrected chi connectivity index (χ2v) is 4.76. The van der Waals surface area contributed by atoms with E-state index < -0.39 is 6.04 Å². The molecule has 0 spiro atoms. The Kier molecular flexibility index (Phi) is 3.85. The van der Waals surface area contributed by atoms with Crippen LogP contribution < -0.4 is 0 Å². The van der Waals surface area contributed by atoms with Gasteiger partial charge in [0, 0.05) is 25.9 Å². The van der Waals surface area contributed by atoms with Gasteiger partial charge in [-0.05, 0) is 6.92 Å². The zero-order valence-electron chi connectivity index (χ0n) is 11.7. The second-order valence-electron chi connectivity index (χ2n) is 4.76. The summed E-state index contributed by atoms with van der Waals surface area (Å²) in [5.74, 6) is -0.0587. The highest BCUT2D eigenvalue weighted by Gasteiger charge is 2.20. The smallest absolute Gasteiger partial charge is 0.246 e. The van der Waals surface area contributed by atoms with Crippen LogP contribution in [-0.4, -0.2) is 34.7 Å². The zero-order chi connectivity index (χ0) is 14.7. The Hall–Kier alpha value is -2.61. The highest BCUT2D eigenvalue weighted by Crippen LogP contribution is 2.23. The summed E-state index contributed by atoms with van der Waals surface area (Å²) in [6, 6.07) is 11.2. The van der Waals surface area contributed by atoms with E-state index >= 15 is 0 Å². The number of benzene rings is 1. The number of aromatic nitrogens is 2. The Morgan fingerprint density at radius 2 is 2.00 bits per heavy atom. The average Bonchev–Trinajstić information content (AvgIpc) is 2.90. The summed E-state index contributed by atoms with van der Waals surface area (Å²) in [7, 11) is 3.40. The van der Waals surface area contributed by atoms with Crippen LogP contribution in [0.2, 0.25) is 0 Å². The maximum Gasteiger partial charge on any atom is 0.246 e. The molecule has 0 saturated heterocycles. The molecule has 0 aliphatic carbocycles. The predicted molar refractivity (Wildman–Crippen MR) is 75.8 cm³/mol. The fourth-order valence-corrected chi connectivity index (χ4v) is 1.97. The van der Waals surface area contributed by atoms with E-state index in [2.05, 4.69) is 11.2 Å². The molecule has 0 radical (unpaired) electrons. The van der Waals surface area contributed by atoms with Crippen molar-refractivity contribution in [3.05, 3.63) is 42.1 Å². The van der Waals surface area contributed by atoms with Crippen molar-refractivity contribution in [3.8, 4) is 17.3 Å². The first-order chi connectivity index (χ1) is 9.54. The van der Waals surface area contributed by atoms with Crippen LogP contribution >= 0.6 is 0 Å². The van der Waals surface area contributed by atoms with Crippen molar-refractivity contribution in [2.75, 3.05) is 14.1 Å². The maximum atomic E-state index is 12.0. The Labute approximate surface area is 118 Å². The largest absolute Gasteiger partial charge is 0.347 e. The van der Waals surface area contributed by atoms with Crippen molar-refractivity contribution >= 4 is 5.91 Å². The molecule has 1 unspecified atom stereocenters. The molecule has 2 rings (SSSR count). The lowest BCUT2D eigenvalue weighted by Crippen LogP contribution is -2.30. The number of nitrogens with zero attached hydrogens (tertiary/aromatic N) is 4. The Morgan fingerprint density at radius 1 is 1.35 bits per heavy atom. The molecule has 102 valence electrons. The van der Waals surface area contributed by atoms with E-state index in [9.17, 15) is 10.1 Å². The van der Waals surface area contributed by atoms with Crippen LogP contribution in [0.1, 0.15) is 18.5 Å². The molecule has 2 aromatic rings. The molecule has 0 bridgehead atoms. The minimum atomic E-state index is -0.436. The first-order valence-electron chi connectivity index (χ1n) is 6.30. The van der Waals surface area contributed by atoms with Gasteiger partial charge in [0.1, 0.15) is 17.8 Å². The van der Waals surface area contributed by atoms with Crippen LogP contribution in [-0.2, 0) is 4.79 Å². The highest BCUT2D eigenvalue weighted by atomic mass is 16.2. The Balaban J connectivity index is 2.43. The van der Waals surface area contributed by atoms with E-state index in [0.29, 0.717) is 11.3 Å². The normalized spacial score (nSPS) is 11.7. The lowest BCUT2D eigenvalue weighted by molar-refractivity contribution is -0.131. The topological polar surface area (TPSA) is 61.9 Å². The molecule has 1 amide bonds. The number of carbonyl (C=O) groups excluding carboxylic acids is 1. The van der Waals surface area contributed by atoms with Gasteiger partial charge in [-0.15, -0.1) is 0 Å². The van der Waals surface area contributed by atoms with Gasteiger partial charge in [-0.2, -0.15) is 10.4 Å². The molecule has 20 heavy (non-hydrogen) atoms. The molecule has 0 N–H and O–H groups in total. The van der Waals surface area contributed by atoms with E-state index in [4.69, 9.17) is 0 Å². The van der Waals surface area contributed by atoms with Crippen molar-refractivity contribution in [2.24, 2.45) is 0 Å². The molecule has 5 heteroatoms. The van der Waals surface area contributed by atoms with Crippen molar-refractivity contribution in [2.45, 2.75) is 13.0 Å². The lowest BCUT2D eigenvalue weighted by Gasteiger charge is -2.16. The number of amides is 1. The first-order valence-corrected chi connectivity index (χ1v) is 6.30. The van der Waals surface area contributed by atoms with E-state index in [1.807, 2.05) is 30.3 Å². The molecular formula is C15H16N4O. The molecular weight excluding hydrogens is 252 g/mol. The minimum Gasteiger partial charge on any atom is -0.347 e. The molecule has 0 saturated carbocycles. The Morgan fingerprint density at radius 3 is 2.55 bits per heavy atom. The third kappa shape index (κ3) is 2.54. The number of likely N-dealkylation sites (N-methyl/N-ethyl adjacent to an activating group) is 1. The van der Waals surface area contributed by atoms with E-state index in [-0.39, 0.29) is 5.91 Å². The van der Waals surface area contributed by atoms with Crippen LogP contribution in [0.15, 0.2) is 36.5 Å².